The predicted octanol–water partition coefficient (Wildman–Crippen LogP) is 0.689. The largest absolute Gasteiger partial charge is 0.298 e. The fourth-order valence-electron chi connectivity index (χ4n) is 2.86. The zero-order valence-corrected chi connectivity index (χ0v) is 11.3. The summed E-state index contributed by atoms with van der Waals surface area (Å²) in [6.07, 6.45) is 4.38. The molecule has 7 heteroatoms. The Morgan fingerprint density at radius 3 is 2.89 bits per heavy atom. The summed E-state index contributed by atoms with van der Waals surface area (Å²) in [7, 11) is -3.62. The molecule has 2 fully saturated rings. The van der Waals surface area contributed by atoms with Crippen LogP contribution >= 0.6 is 0 Å². The third kappa shape index (κ3) is 2.37. The van der Waals surface area contributed by atoms with Gasteiger partial charge in [0, 0.05) is 31.9 Å². The standard InChI is InChI=1S/C12H16FN3O2S/c13-10-6-12(8-14-7-10)19(17,18)16-5-4-15-3-1-2-11(15)9-16/h6-8,11H,1-5,9H2. The molecule has 0 N–H and O–H groups in total. The lowest BCUT2D eigenvalue weighted by molar-refractivity contribution is 0.158. The Hall–Kier alpha value is -1.05. The van der Waals surface area contributed by atoms with Crippen molar-refractivity contribution in [3.63, 3.8) is 0 Å². The molecule has 5 nitrogen and oxygen atoms in total. The van der Waals surface area contributed by atoms with Crippen LogP contribution in [0.1, 0.15) is 12.8 Å². The lowest BCUT2D eigenvalue weighted by Gasteiger charge is -2.36. The molecule has 1 unspecified atom stereocenters. The third-order valence-electron chi connectivity index (χ3n) is 3.87. The van der Waals surface area contributed by atoms with Crippen LogP contribution in [0.25, 0.3) is 0 Å². The van der Waals surface area contributed by atoms with E-state index in [9.17, 15) is 12.8 Å². The summed E-state index contributed by atoms with van der Waals surface area (Å²) < 4.78 is 39.4. The second-order valence-corrected chi connectivity index (χ2v) is 6.97. The molecular formula is C12H16FN3O2S. The van der Waals surface area contributed by atoms with Gasteiger partial charge in [0.05, 0.1) is 6.20 Å². The number of sulfonamides is 1. The monoisotopic (exact) mass is 285 g/mol. The second-order valence-electron chi connectivity index (χ2n) is 5.03. The minimum Gasteiger partial charge on any atom is -0.298 e. The van der Waals surface area contributed by atoms with Crippen molar-refractivity contribution in [3.8, 4) is 0 Å². The molecule has 0 aromatic carbocycles. The highest BCUT2D eigenvalue weighted by Gasteiger charge is 2.36. The Balaban J connectivity index is 1.85. The molecule has 3 rings (SSSR count). The van der Waals surface area contributed by atoms with Crippen LogP contribution in [0.4, 0.5) is 4.39 Å². The highest BCUT2D eigenvalue weighted by atomic mass is 32.2. The minimum absolute atomic E-state index is 0.0565. The van der Waals surface area contributed by atoms with Crippen LogP contribution in [-0.2, 0) is 10.0 Å². The first kappa shape index (κ1) is 13.0. The van der Waals surface area contributed by atoms with Gasteiger partial charge in [-0.25, -0.2) is 12.8 Å². The normalized spacial score (nSPS) is 25.4. The number of halogens is 1. The molecule has 2 aliphatic rings. The molecule has 3 heterocycles. The van der Waals surface area contributed by atoms with Crippen molar-refractivity contribution in [1.82, 2.24) is 14.2 Å². The smallest absolute Gasteiger partial charge is 0.244 e. The number of fused-ring (bicyclic) bond motifs is 1. The molecule has 0 amide bonds. The molecular weight excluding hydrogens is 269 g/mol. The van der Waals surface area contributed by atoms with Crippen LogP contribution in [-0.4, -0.2) is 54.8 Å². The van der Waals surface area contributed by atoms with Crippen LogP contribution in [0, 0.1) is 5.82 Å². The van der Waals surface area contributed by atoms with E-state index in [0.717, 1.165) is 38.2 Å². The molecule has 0 radical (unpaired) electrons. The molecule has 1 atom stereocenters. The Morgan fingerprint density at radius 1 is 1.26 bits per heavy atom. The summed E-state index contributed by atoms with van der Waals surface area (Å²) >= 11 is 0. The van der Waals surface area contributed by atoms with Gasteiger partial charge in [0.2, 0.25) is 10.0 Å². The molecule has 19 heavy (non-hydrogen) atoms. The van der Waals surface area contributed by atoms with Crippen molar-refractivity contribution in [2.75, 3.05) is 26.2 Å². The fraction of sp³-hybridized carbons (Fsp3) is 0.583. The zero-order valence-electron chi connectivity index (χ0n) is 10.5. The Kier molecular flexibility index (Phi) is 3.28. The molecule has 1 aromatic heterocycles. The summed E-state index contributed by atoms with van der Waals surface area (Å²) in [5.41, 5.74) is 0. The van der Waals surface area contributed by atoms with Gasteiger partial charge in [-0.3, -0.25) is 9.88 Å². The number of aromatic nitrogens is 1. The van der Waals surface area contributed by atoms with Gasteiger partial charge in [-0.1, -0.05) is 0 Å². The first-order chi connectivity index (χ1) is 9.07. The summed E-state index contributed by atoms with van der Waals surface area (Å²) in [6, 6.07) is 1.34. The van der Waals surface area contributed by atoms with Crippen molar-refractivity contribution in [1.29, 1.82) is 0 Å². The maximum Gasteiger partial charge on any atom is 0.244 e. The van der Waals surface area contributed by atoms with Crippen LogP contribution in [0.5, 0.6) is 0 Å². The maximum atomic E-state index is 13.1. The van der Waals surface area contributed by atoms with Crippen LogP contribution in [0.15, 0.2) is 23.4 Å². The van der Waals surface area contributed by atoms with Gasteiger partial charge in [0.15, 0.2) is 0 Å². The molecule has 0 aliphatic carbocycles. The first-order valence-corrected chi connectivity index (χ1v) is 7.86. The predicted molar refractivity (Wildman–Crippen MR) is 67.5 cm³/mol. The molecule has 0 saturated carbocycles. The van der Waals surface area contributed by atoms with E-state index in [1.54, 1.807) is 0 Å². The van der Waals surface area contributed by atoms with E-state index in [4.69, 9.17) is 0 Å². The molecule has 104 valence electrons. The number of rotatable bonds is 2. The number of hydrogen-bond donors (Lipinski definition) is 0. The van der Waals surface area contributed by atoms with Crippen LogP contribution in [0.2, 0.25) is 0 Å². The van der Waals surface area contributed by atoms with Crippen molar-refractivity contribution in [2.45, 2.75) is 23.8 Å². The van der Waals surface area contributed by atoms with Gasteiger partial charge in [0.1, 0.15) is 10.7 Å². The van der Waals surface area contributed by atoms with E-state index in [0.29, 0.717) is 19.1 Å². The van der Waals surface area contributed by atoms with Crippen molar-refractivity contribution in [2.24, 2.45) is 0 Å². The summed E-state index contributed by atoms with van der Waals surface area (Å²) in [4.78, 5) is 5.89. The van der Waals surface area contributed by atoms with Gasteiger partial charge < -0.3 is 0 Å². The summed E-state index contributed by atoms with van der Waals surface area (Å²) in [5.74, 6) is -0.624. The van der Waals surface area contributed by atoms with E-state index in [1.165, 1.54) is 10.5 Å². The lowest BCUT2D eigenvalue weighted by atomic mass is 10.2. The highest BCUT2D eigenvalue weighted by Crippen LogP contribution is 2.25. The average molecular weight is 285 g/mol. The van der Waals surface area contributed by atoms with Crippen molar-refractivity contribution < 1.29 is 12.8 Å². The summed E-state index contributed by atoms with van der Waals surface area (Å²) in [6.45, 7) is 2.78. The second kappa shape index (κ2) is 4.81. The quantitative estimate of drug-likeness (QED) is 0.802. The van der Waals surface area contributed by atoms with E-state index in [1.807, 2.05) is 0 Å². The van der Waals surface area contributed by atoms with E-state index in [-0.39, 0.29) is 4.90 Å². The van der Waals surface area contributed by atoms with Gasteiger partial charge >= 0.3 is 0 Å². The van der Waals surface area contributed by atoms with Gasteiger partial charge in [0.25, 0.3) is 0 Å². The number of piperazine rings is 1. The minimum atomic E-state index is -3.62. The van der Waals surface area contributed by atoms with Gasteiger partial charge in [-0.2, -0.15) is 4.31 Å². The zero-order chi connectivity index (χ0) is 13.5. The average Bonchev–Trinajstić information content (AvgIpc) is 2.85. The van der Waals surface area contributed by atoms with E-state index < -0.39 is 15.8 Å². The molecule has 0 spiro atoms. The Labute approximate surface area is 112 Å². The number of nitrogens with zero attached hydrogens (tertiary/aromatic N) is 3. The third-order valence-corrected chi connectivity index (χ3v) is 5.70. The van der Waals surface area contributed by atoms with E-state index in [2.05, 4.69) is 9.88 Å². The van der Waals surface area contributed by atoms with Crippen molar-refractivity contribution >= 4 is 10.0 Å². The molecule has 2 aliphatic heterocycles. The number of pyridine rings is 1. The molecule has 0 bridgehead atoms. The topological polar surface area (TPSA) is 53.5 Å². The van der Waals surface area contributed by atoms with Gasteiger partial charge in [-0.05, 0) is 25.5 Å². The van der Waals surface area contributed by atoms with Crippen molar-refractivity contribution in [3.05, 3.63) is 24.3 Å². The molecule has 2 saturated heterocycles. The number of hydrogen-bond acceptors (Lipinski definition) is 4. The maximum absolute atomic E-state index is 13.1. The van der Waals surface area contributed by atoms with Gasteiger partial charge in [-0.15, -0.1) is 0 Å². The SMILES string of the molecule is O=S(=O)(c1cncc(F)c1)N1CCN2CCCC2C1. The van der Waals surface area contributed by atoms with E-state index >= 15 is 0 Å². The Morgan fingerprint density at radius 2 is 2.11 bits per heavy atom. The summed E-state index contributed by atoms with van der Waals surface area (Å²) in [5, 5.41) is 0. The Bertz CT molecular complexity index is 578. The first-order valence-electron chi connectivity index (χ1n) is 6.42. The molecule has 1 aromatic rings. The fourth-order valence-corrected chi connectivity index (χ4v) is 4.31. The van der Waals surface area contributed by atoms with Crippen LogP contribution in [0.3, 0.4) is 0 Å². The van der Waals surface area contributed by atoms with Crippen LogP contribution < -0.4 is 0 Å². The highest BCUT2D eigenvalue weighted by molar-refractivity contribution is 7.89. The lowest BCUT2D eigenvalue weighted by Crippen LogP contribution is -2.51.